The summed E-state index contributed by atoms with van der Waals surface area (Å²) in [5.41, 5.74) is 2.18. The smallest absolute Gasteiger partial charge is 0.333 e. The van der Waals surface area contributed by atoms with E-state index in [2.05, 4.69) is 9.97 Å². The number of pyridine rings is 1. The van der Waals surface area contributed by atoms with E-state index in [0.717, 1.165) is 26.6 Å². The summed E-state index contributed by atoms with van der Waals surface area (Å²) in [6.45, 7) is 3.86. The highest BCUT2D eigenvalue weighted by Gasteiger charge is 2.29. The summed E-state index contributed by atoms with van der Waals surface area (Å²) in [5, 5.41) is 11.2. The van der Waals surface area contributed by atoms with Crippen LogP contribution in [0, 0.1) is 6.92 Å². The van der Waals surface area contributed by atoms with Gasteiger partial charge in [-0.25, -0.2) is 14.2 Å². The topological polar surface area (TPSA) is 110 Å². The molecule has 0 radical (unpaired) electrons. The summed E-state index contributed by atoms with van der Waals surface area (Å²) in [6, 6.07) is 13.8. The fourth-order valence-corrected chi connectivity index (χ4v) is 4.70. The minimum absolute atomic E-state index is 0.174. The second-order valence-electron chi connectivity index (χ2n) is 8.29. The number of aliphatic carboxylic acids is 1. The van der Waals surface area contributed by atoms with Gasteiger partial charge in [-0.1, -0.05) is 42.5 Å². The van der Waals surface area contributed by atoms with Crippen molar-refractivity contribution in [2.75, 3.05) is 0 Å². The lowest BCUT2D eigenvalue weighted by molar-refractivity contribution is -0.139. The quantitative estimate of drug-likeness (QED) is 0.421. The van der Waals surface area contributed by atoms with Gasteiger partial charge in [0.1, 0.15) is 0 Å². The van der Waals surface area contributed by atoms with Gasteiger partial charge in [-0.15, -0.1) is 0 Å². The molecule has 0 fully saturated rings. The van der Waals surface area contributed by atoms with Crippen LogP contribution in [-0.2, 0) is 4.79 Å². The van der Waals surface area contributed by atoms with Crippen molar-refractivity contribution in [2.24, 2.45) is 0 Å². The Morgan fingerprint density at radius 2 is 1.79 bits per heavy atom. The number of hydrogen-bond donors (Lipinski definition) is 2. The maximum Gasteiger partial charge on any atom is 0.333 e. The predicted octanol–water partition coefficient (Wildman–Crippen LogP) is 3.63. The molecule has 0 saturated heterocycles. The molecule has 2 aromatic carbocycles. The summed E-state index contributed by atoms with van der Waals surface area (Å²) in [6.07, 6.45) is 4.74. The number of carboxylic acid groups (broad SMARTS) is 1. The van der Waals surface area contributed by atoms with Crippen LogP contribution in [0.15, 0.2) is 82.8 Å². The highest BCUT2D eigenvalue weighted by atomic mass is 16.4. The van der Waals surface area contributed by atoms with E-state index in [4.69, 9.17) is 0 Å². The minimum Gasteiger partial charge on any atom is -0.479 e. The van der Waals surface area contributed by atoms with Gasteiger partial charge in [0.25, 0.3) is 5.56 Å². The lowest BCUT2D eigenvalue weighted by Gasteiger charge is -2.22. The largest absolute Gasteiger partial charge is 0.479 e. The average molecular weight is 454 g/mol. The molecule has 34 heavy (non-hydrogen) atoms. The number of fused-ring (bicyclic) bond motifs is 2. The Labute approximate surface area is 193 Å². The normalized spacial score (nSPS) is 13.2. The van der Waals surface area contributed by atoms with Crippen LogP contribution in [0.5, 0.6) is 0 Å². The predicted molar refractivity (Wildman–Crippen MR) is 129 cm³/mol. The van der Waals surface area contributed by atoms with Gasteiger partial charge in [0.2, 0.25) is 0 Å². The molecule has 0 spiro atoms. The third-order valence-electron chi connectivity index (χ3n) is 6.31. The summed E-state index contributed by atoms with van der Waals surface area (Å²) < 4.78 is 2.30. The fourth-order valence-electron chi connectivity index (χ4n) is 4.70. The first-order valence-electron chi connectivity index (χ1n) is 10.8. The van der Waals surface area contributed by atoms with Crippen molar-refractivity contribution in [3.63, 3.8) is 0 Å². The fraction of sp³-hybridized carbons (Fsp3) is 0.154. The zero-order chi connectivity index (χ0) is 24.0. The third-order valence-corrected chi connectivity index (χ3v) is 6.31. The molecule has 170 valence electrons. The van der Waals surface area contributed by atoms with E-state index >= 15 is 0 Å². The minimum atomic E-state index is -1.48. The number of aryl methyl sites for hydroxylation is 1. The van der Waals surface area contributed by atoms with E-state index in [-0.39, 0.29) is 5.39 Å². The van der Waals surface area contributed by atoms with Gasteiger partial charge in [0.05, 0.1) is 16.9 Å². The van der Waals surface area contributed by atoms with Gasteiger partial charge in [-0.2, -0.15) is 0 Å². The Kier molecular flexibility index (Phi) is 5.13. The van der Waals surface area contributed by atoms with Crippen molar-refractivity contribution < 1.29 is 9.90 Å². The van der Waals surface area contributed by atoms with Gasteiger partial charge in [-0.05, 0) is 37.1 Å². The molecule has 5 aromatic rings. The van der Waals surface area contributed by atoms with Crippen molar-refractivity contribution in [3.05, 3.63) is 111 Å². The van der Waals surface area contributed by atoms with E-state index < -0.39 is 29.3 Å². The number of carboxylic acids is 1. The number of H-pyrrole nitrogens is 1. The molecular formula is C26H22N4O4. The molecular weight excluding hydrogens is 432 g/mol. The monoisotopic (exact) mass is 454 g/mol. The molecule has 0 aliphatic carbocycles. The van der Waals surface area contributed by atoms with E-state index in [9.17, 15) is 19.5 Å². The molecule has 3 heterocycles. The highest BCUT2D eigenvalue weighted by Crippen LogP contribution is 2.30. The molecule has 8 heteroatoms. The van der Waals surface area contributed by atoms with Crippen molar-refractivity contribution in [3.8, 4) is 0 Å². The standard InChI is InChI=1S/C26H22N4O4/c1-15-7-6-10-20-22(15)18(14-28-20)16(2)29-21-11-12-27-13-19(21)24(31)30(26(29)34)23(25(32)33)17-8-4-3-5-9-17/h3-14,16,23,28H,1-2H3,(H,32,33)/t16?,23-/m0/s1. The van der Waals surface area contributed by atoms with Gasteiger partial charge < -0.3 is 10.1 Å². The van der Waals surface area contributed by atoms with Gasteiger partial charge in [0, 0.05) is 35.1 Å². The number of rotatable bonds is 5. The first-order valence-corrected chi connectivity index (χ1v) is 10.8. The highest BCUT2D eigenvalue weighted by molar-refractivity contribution is 5.87. The molecule has 0 bridgehead atoms. The summed E-state index contributed by atoms with van der Waals surface area (Å²) in [5.74, 6) is -1.30. The second kappa shape index (κ2) is 8.15. The number of aromatic amines is 1. The van der Waals surface area contributed by atoms with Crippen LogP contribution in [0.4, 0.5) is 0 Å². The average Bonchev–Trinajstić information content (AvgIpc) is 3.28. The van der Waals surface area contributed by atoms with Gasteiger partial charge in [0.15, 0.2) is 6.04 Å². The molecule has 2 N–H and O–H groups in total. The Hall–Kier alpha value is -4.46. The summed E-state index contributed by atoms with van der Waals surface area (Å²) in [7, 11) is 0. The van der Waals surface area contributed by atoms with Crippen LogP contribution in [0.2, 0.25) is 0 Å². The third kappa shape index (κ3) is 3.23. The molecule has 0 aliphatic rings. The maximum absolute atomic E-state index is 13.9. The Morgan fingerprint density at radius 1 is 1.03 bits per heavy atom. The Balaban J connectivity index is 1.85. The zero-order valence-electron chi connectivity index (χ0n) is 18.6. The van der Waals surface area contributed by atoms with Crippen LogP contribution in [-0.4, -0.2) is 30.2 Å². The van der Waals surface area contributed by atoms with Gasteiger partial charge >= 0.3 is 11.7 Å². The molecule has 3 aromatic heterocycles. The number of carbonyl (C=O) groups is 1. The maximum atomic E-state index is 13.9. The van der Waals surface area contributed by atoms with Crippen LogP contribution in [0.1, 0.15) is 35.7 Å². The molecule has 5 rings (SSSR count). The lowest BCUT2D eigenvalue weighted by atomic mass is 10.0. The molecule has 0 aliphatic heterocycles. The number of aromatic nitrogens is 4. The van der Waals surface area contributed by atoms with Crippen molar-refractivity contribution in [1.29, 1.82) is 0 Å². The molecule has 1 unspecified atom stereocenters. The van der Waals surface area contributed by atoms with Gasteiger partial charge in [-0.3, -0.25) is 14.3 Å². The molecule has 0 amide bonds. The zero-order valence-corrected chi connectivity index (χ0v) is 18.6. The Bertz CT molecular complexity index is 1660. The number of benzene rings is 2. The van der Waals surface area contributed by atoms with Crippen LogP contribution < -0.4 is 11.2 Å². The first-order chi connectivity index (χ1) is 16.4. The molecule has 8 nitrogen and oxygen atoms in total. The van der Waals surface area contributed by atoms with Crippen LogP contribution in [0.25, 0.3) is 21.8 Å². The number of nitrogens with zero attached hydrogens (tertiary/aromatic N) is 3. The summed E-state index contributed by atoms with van der Waals surface area (Å²) in [4.78, 5) is 47.0. The second-order valence-corrected chi connectivity index (χ2v) is 8.29. The van der Waals surface area contributed by atoms with E-state index in [1.165, 1.54) is 17.0 Å². The molecule has 0 saturated carbocycles. The van der Waals surface area contributed by atoms with E-state index in [1.54, 1.807) is 36.4 Å². The summed E-state index contributed by atoms with van der Waals surface area (Å²) >= 11 is 0. The van der Waals surface area contributed by atoms with Crippen LogP contribution >= 0.6 is 0 Å². The number of nitrogens with one attached hydrogen (secondary N) is 1. The SMILES string of the molecule is Cc1cccc2[nH]cc(C(C)n3c(=O)n([C@H](C(=O)O)c4ccccc4)c(=O)c4cnccc43)c12. The van der Waals surface area contributed by atoms with E-state index in [1.807, 2.05) is 38.2 Å². The number of hydrogen-bond acceptors (Lipinski definition) is 4. The van der Waals surface area contributed by atoms with Crippen molar-refractivity contribution in [1.82, 2.24) is 19.1 Å². The van der Waals surface area contributed by atoms with Crippen molar-refractivity contribution >= 4 is 27.8 Å². The van der Waals surface area contributed by atoms with Crippen molar-refractivity contribution in [2.45, 2.75) is 25.9 Å². The van der Waals surface area contributed by atoms with E-state index in [0.29, 0.717) is 11.1 Å². The van der Waals surface area contributed by atoms with Crippen LogP contribution in [0.3, 0.4) is 0 Å². The Morgan fingerprint density at radius 3 is 2.53 bits per heavy atom. The lowest BCUT2D eigenvalue weighted by Crippen LogP contribution is -2.45. The molecule has 2 atom stereocenters. The first kappa shape index (κ1) is 21.4.